The Labute approximate surface area is 419 Å². The van der Waals surface area contributed by atoms with Crippen LogP contribution in [0.1, 0.15) is 63.4 Å². The molecule has 5 aromatic rings. The number of nitrogens with zero attached hydrogens (tertiary/aromatic N) is 7. The third kappa shape index (κ3) is 11.7. The summed E-state index contributed by atoms with van der Waals surface area (Å²) in [5.74, 6) is -3.10. The number of esters is 2. The number of alkyl halides is 3. The number of rotatable bonds is 13. The van der Waals surface area contributed by atoms with Crippen molar-refractivity contribution in [3.8, 4) is 11.6 Å². The van der Waals surface area contributed by atoms with Crippen molar-refractivity contribution >= 4 is 23.5 Å². The average molecular weight is 1040 g/mol. The number of benzene rings is 1. The molecule has 7 heterocycles. The number of aromatic nitrogens is 6. The first-order valence-electron chi connectivity index (χ1n) is 23.6. The van der Waals surface area contributed by atoms with E-state index in [4.69, 9.17) is 29.4 Å². The van der Waals surface area contributed by atoms with Gasteiger partial charge in [0.05, 0.1) is 69.5 Å². The lowest BCUT2D eigenvalue weighted by atomic mass is 10.0. The molecule has 0 radical (unpaired) electrons. The van der Waals surface area contributed by atoms with E-state index in [1.807, 2.05) is 0 Å². The summed E-state index contributed by atoms with van der Waals surface area (Å²) in [6.07, 6.45) is -0.757. The van der Waals surface area contributed by atoms with Crippen molar-refractivity contribution < 1.29 is 55.6 Å². The first-order valence-corrected chi connectivity index (χ1v) is 23.6. The van der Waals surface area contributed by atoms with Crippen LogP contribution in [0.5, 0.6) is 0 Å². The molecule has 25 heteroatoms. The molecule has 3 aliphatic rings. The van der Waals surface area contributed by atoms with Crippen molar-refractivity contribution in [3.05, 3.63) is 141 Å². The van der Waals surface area contributed by atoms with Gasteiger partial charge in [0.2, 0.25) is 0 Å². The number of aryl methyl sites for hydroxylation is 1. The molecular formula is C49H55F4N9O12. The number of nitrogens with one attached hydrogen (secondary N) is 1. The number of ether oxygens (including phenoxy) is 5. The minimum absolute atomic E-state index is 0.0152. The molecule has 3 aliphatic heterocycles. The van der Waals surface area contributed by atoms with E-state index in [9.17, 15) is 46.7 Å². The first-order chi connectivity index (χ1) is 35.2. The van der Waals surface area contributed by atoms with Gasteiger partial charge in [0, 0.05) is 69.4 Å². The summed E-state index contributed by atoms with van der Waals surface area (Å²) in [4.78, 5) is 98.8. The van der Waals surface area contributed by atoms with Gasteiger partial charge < -0.3 is 39.6 Å². The van der Waals surface area contributed by atoms with Gasteiger partial charge in [-0.25, -0.2) is 37.9 Å². The maximum absolute atomic E-state index is 15.4. The molecule has 8 rings (SSSR count). The zero-order valence-electron chi connectivity index (χ0n) is 41.2. The SMILES string of the molecule is CCOC(=O)[C@@H](N)Cc1ccc(-n2c(=O)c3c(n(C)c2=O)CCOC3)nc1.CCOC(=O)[C@H](Cc1ccc(-n2c(=O)c3c(n(C)c2=O)CCOC3)nc1)NC(=O)c1c(C)cc(N2CCOC[C@@H]2C(F)(F)F)cc1F. The molecule has 1 aromatic carbocycles. The largest absolute Gasteiger partial charge is 0.465 e. The molecule has 396 valence electrons. The van der Waals surface area contributed by atoms with Gasteiger partial charge in [-0.15, -0.1) is 0 Å². The highest BCUT2D eigenvalue weighted by atomic mass is 19.4. The number of morpholine rings is 1. The van der Waals surface area contributed by atoms with Gasteiger partial charge in [-0.2, -0.15) is 13.2 Å². The van der Waals surface area contributed by atoms with Crippen molar-refractivity contribution in [3.63, 3.8) is 0 Å². The highest BCUT2D eigenvalue weighted by Crippen LogP contribution is 2.33. The molecule has 3 atom stereocenters. The second kappa shape index (κ2) is 23.2. The molecule has 0 bridgehead atoms. The molecule has 1 fully saturated rings. The lowest BCUT2D eigenvalue weighted by molar-refractivity contribution is -0.167. The lowest BCUT2D eigenvalue weighted by Crippen LogP contribution is -2.53. The molecule has 21 nitrogen and oxygen atoms in total. The molecule has 0 spiro atoms. The van der Waals surface area contributed by atoms with Crippen molar-refractivity contribution in [2.24, 2.45) is 19.8 Å². The Morgan fingerprint density at radius 1 is 0.784 bits per heavy atom. The molecule has 3 N–H and O–H groups in total. The van der Waals surface area contributed by atoms with Gasteiger partial charge in [0.15, 0.2) is 0 Å². The fourth-order valence-electron chi connectivity index (χ4n) is 8.84. The van der Waals surface area contributed by atoms with Gasteiger partial charge >= 0.3 is 29.5 Å². The van der Waals surface area contributed by atoms with Crippen molar-refractivity contribution in [1.29, 1.82) is 0 Å². The van der Waals surface area contributed by atoms with Crippen LogP contribution in [0.15, 0.2) is 68.0 Å². The van der Waals surface area contributed by atoms with E-state index < -0.39 is 82.6 Å². The standard InChI is InChI=1S/C31H33F4N5O7.C18H22N4O5/c1-4-47-29(43)22(12-18-5-6-25(36-14-18)40-28(42)20-15-45-9-7-23(20)38(3)30(40)44)37-27(41)26-17(2)11-19(13-21(26)32)39-8-10-46-16-24(39)31(33,34)35;1-3-27-17(24)13(19)8-11-4-5-15(20-9-11)22-16(23)12-10-26-7-6-14(12)21(2)18(22)25/h5-6,11,13-14,22,24H,4,7-10,12,15-16H2,1-3H3,(H,37,41);4-5,9,13H,3,6-8,10,19H2,1-2H3/t22-,24+;13-/m00/s1. The molecule has 0 aliphatic carbocycles. The third-order valence-electron chi connectivity index (χ3n) is 12.6. The van der Waals surface area contributed by atoms with Crippen LogP contribution in [0.2, 0.25) is 0 Å². The highest BCUT2D eigenvalue weighted by molar-refractivity contribution is 5.98. The van der Waals surface area contributed by atoms with Crippen LogP contribution in [0, 0.1) is 12.7 Å². The Balaban J connectivity index is 0.000000251. The summed E-state index contributed by atoms with van der Waals surface area (Å²) < 4.78 is 86.7. The first kappa shape index (κ1) is 54.4. The zero-order valence-corrected chi connectivity index (χ0v) is 41.2. The van der Waals surface area contributed by atoms with Crippen LogP contribution < -0.4 is 38.4 Å². The predicted molar refractivity (Wildman–Crippen MR) is 256 cm³/mol. The van der Waals surface area contributed by atoms with E-state index in [1.54, 1.807) is 40.1 Å². The minimum atomic E-state index is -4.62. The molecular weight excluding hydrogens is 983 g/mol. The molecule has 4 aromatic heterocycles. The van der Waals surface area contributed by atoms with Crippen molar-refractivity contribution in [1.82, 2.24) is 33.6 Å². The zero-order chi connectivity index (χ0) is 53.6. The van der Waals surface area contributed by atoms with Crippen LogP contribution in [0.4, 0.5) is 23.2 Å². The van der Waals surface area contributed by atoms with Crippen LogP contribution in [0.3, 0.4) is 0 Å². The van der Waals surface area contributed by atoms with E-state index in [0.717, 1.165) is 20.1 Å². The Bertz CT molecular complexity index is 3130. The van der Waals surface area contributed by atoms with E-state index in [0.29, 0.717) is 59.7 Å². The van der Waals surface area contributed by atoms with Crippen molar-refractivity contribution in [2.75, 3.05) is 51.1 Å². The maximum Gasteiger partial charge on any atom is 0.411 e. The summed E-state index contributed by atoms with van der Waals surface area (Å²) in [6, 6.07) is 4.23. The van der Waals surface area contributed by atoms with Crippen molar-refractivity contribution in [2.45, 2.75) is 84.0 Å². The quantitative estimate of drug-likeness (QED) is 0.125. The summed E-state index contributed by atoms with van der Waals surface area (Å²) in [5.41, 5.74) is 6.58. The van der Waals surface area contributed by atoms with Crippen LogP contribution >= 0.6 is 0 Å². The van der Waals surface area contributed by atoms with E-state index in [2.05, 4.69) is 15.3 Å². The summed E-state index contributed by atoms with van der Waals surface area (Å²) in [5, 5.41) is 2.47. The fraction of sp³-hybridized carbons (Fsp3) is 0.449. The Hall–Kier alpha value is -7.35. The normalized spacial score (nSPS) is 16.2. The number of hydrogen-bond acceptors (Lipinski definition) is 16. The van der Waals surface area contributed by atoms with Gasteiger partial charge in [0.25, 0.3) is 17.0 Å². The number of halogens is 4. The fourth-order valence-corrected chi connectivity index (χ4v) is 8.84. The summed E-state index contributed by atoms with van der Waals surface area (Å²) in [7, 11) is 3.19. The molecule has 0 unspecified atom stereocenters. The lowest BCUT2D eigenvalue weighted by Gasteiger charge is -2.38. The van der Waals surface area contributed by atoms with Gasteiger partial charge in [-0.05, 0) is 68.1 Å². The predicted octanol–water partition coefficient (Wildman–Crippen LogP) is 1.56. The Morgan fingerprint density at radius 3 is 1.80 bits per heavy atom. The smallest absolute Gasteiger partial charge is 0.411 e. The summed E-state index contributed by atoms with van der Waals surface area (Å²) in [6.45, 7) is 5.29. The average Bonchev–Trinajstić information content (AvgIpc) is 3.38. The number of nitrogens with two attached hydrogens (primary N) is 1. The van der Waals surface area contributed by atoms with E-state index in [1.165, 1.54) is 46.7 Å². The number of hydrogen-bond donors (Lipinski definition) is 2. The third-order valence-corrected chi connectivity index (χ3v) is 12.6. The topological polar surface area (TPSA) is 252 Å². The Morgan fingerprint density at radius 2 is 1.31 bits per heavy atom. The number of carbonyl (C=O) groups is 3. The monoisotopic (exact) mass is 1040 g/mol. The number of carbonyl (C=O) groups excluding carboxylic acids is 3. The van der Waals surface area contributed by atoms with Gasteiger partial charge in [-0.1, -0.05) is 12.1 Å². The second-order valence-electron chi connectivity index (χ2n) is 17.5. The maximum atomic E-state index is 15.4. The molecule has 1 saturated heterocycles. The van der Waals surface area contributed by atoms with E-state index in [-0.39, 0.29) is 75.3 Å². The highest BCUT2D eigenvalue weighted by Gasteiger charge is 2.46. The van der Waals surface area contributed by atoms with Gasteiger partial charge in [-0.3, -0.25) is 28.3 Å². The number of amides is 1. The van der Waals surface area contributed by atoms with E-state index >= 15 is 4.39 Å². The molecule has 0 saturated carbocycles. The number of fused-ring (bicyclic) bond motifs is 2. The van der Waals surface area contributed by atoms with Crippen LogP contribution in [-0.2, 0) is 86.3 Å². The molecule has 74 heavy (non-hydrogen) atoms. The second-order valence-corrected chi connectivity index (χ2v) is 17.5. The number of pyridine rings is 2. The minimum Gasteiger partial charge on any atom is -0.465 e. The van der Waals surface area contributed by atoms with Crippen LogP contribution in [-0.4, -0.2) is 117 Å². The van der Waals surface area contributed by atoms with Gasteiger partial charge in [0.1, 0.15) is 35.6 Å². The molecule has 1 amide bonds. The Kier molecular flexibility index (Phi) is 17.1. The summed E-state index contributed by atoms with van der Waals surface area (Å²) >= 11 is 0. The number of anilines is 1. The van der Waals surface area contributed by atoms with Crippen LogP contribution in [0.25, 0.3) is 11.6 Å².